The molecular weight excluding hydrogens is 218 g/mol. The van der Waals surface area contributed by atoms with E-state index in [1.54, 1.807) is 0 Å². The Kier molecular flexibility index (Phi) is 5.45. The molecule has 4 heteroatoms. The molecule has 0 aromatic carbocycles. The molecule has 98 valence electrons. The lowest BCUT2D eigenvalue weighted by Crippen LogP contribution is -2.41. The number of carbonyl (C=O) groups excluding carboxylic acids is 1. The van der Waals surface area contributed by atoms with Crippen LogP contribution in [0.1, 0.15) is 46.0 Å². The molecule has 0 aromatic rings. The first-order valence-corrected chi connectivity index (χ1v) is 6.54. The molecule has 1 rings (SSSR count). The molecule has 0 radical (unpaired) electrons. The normalized spacial score (nSPS) is 22.2. The molecule has 4 nitrogen and oxygen atoms in total. The first kappa shape index (κ1) is 14.0. The van der Waals surface area contributed by atoms with Crippen LogP contribution in [0.15, 0.2) is 0 Å². The van der Waals surface area contributed by atoms with Crippen LogP contribution >= 0.6 is 0 Å². The summed E-state index contributed by atoms with van der Waals surface area (Å²) in [4.78, 5) is 24.4. The van der Waals surface area contributed by atoms with Crippen molar-refractivity contribution >= 4 is 11.9 Å². The van der Waals surface area contributed by atoms with Crippen molar-refractivity contribution in [1.29, 1.82) is 0 Å². The molecule has 1 aliphatic heterocycles. The van der Waals surface area contributed by atoms with E-state index in [9.17, 15) is 9.59 Å². The summed E-state index contributed by atoms with van der Waals surface area (Å²) in [6, 6.07) is 0. The number of carboxylic acids is 1. The van der Waals surface area contributed by atoms with Crippen LogP contribution in [-0.2, 0) is 9.59 Å². The Hall–Kier alpha value is -1.06. The zero-order valence-electron chi connectivity index (χ0n) is 10.8. The van der Waals surface area contributed by atoms with Gasteiger partial charge in [0.25, 0.3) is 0 Å². The Morgan fingerprint density at radius 2 is 2.18 bits per heavy atom. The molecule has 0 spiro atoms. The molecule has 1 saturated heterocycles. The summed E-state index contributed by atoms with van der Waals surface area (Å²) in [5.41, 5.74) is 0. The van der Waals surface area contributed by atoms with E-state index in [0.29, 0.717) is 12.3 Å². The summed E-state index contributed by atoms with van der Waals surface area (Å²) in [5, 5.41) is 8.79. The number of piperidine rings is 1. The molecule has 1 N–H and O–H groups in total. The van der Waals surface area contributed by atoms with Gasteiger partial charge in [-0.15, -0.1) is 0 Å². The number of likely N-dealkylation sites (tertiary alicyclic amines) is 1. The van der Waals surface area contributed by atoms with E-state index in [2.05, 4.69) is 0 Å². The molecule has 2 unspecified atom stereocenters. The van der Waals surface area contributed by atoms with Crippen LogP contribution in [0, 0.1) is 11.8 Å². The lowest BCUT2D eigenvalue weighted by molar-refractivity contribution is -0.138. The van der Waals surface area contributed by atoms with Crippen LogP contribution in [0.2, 0.25) is 0 Å². The highest BCUT2D eigenvalue weighted by atomic mass is 16.4. The minimum Gasteiger partial charge on any atom is -0.481 e. The van der Waals surface area contributed by atoms with Gasteiger partial charge in [-0.25, -0.2) is 0 Å². The summed E-state index contributed by atoms with van der Waals surface area (Å²) in [7, 11) is 0. The van der Waals surface area contributed by atoms with Gasteiger partial charge in [0, 0.05) is 25.9 Å². The van der Waals surface area contributed by atoms with Gasteiger partial charge >= 0.3 is 5.97 Å². The predicted molar refractivity (Wildman–Crippen MR) is 65.6 cm³/mol. The first-order chi connectivity index (χ1) is 8.04. The molecular formula is C13H23NO3. The fourth-order valence-electron chi connectivity index (χ4n) is 2.52. The van der Waals surface area contributed by atoms with Gasteiger partial charge in [0.05, 0.1) is 0 Å². The van der Waals surface area contributed by atoms with Crippen LogP contribution < -0.4 is 0 Å². The van der Waals surface area contributed by atoms with Gasteiger partial charge in [0.2, 0.25) is 5.91 Å². The van der Waals surface area contributed by atoms with Crippen molar-refractivity contribution in [2.75, 3.05) is 13.1 Å². The minimum atomic E-state index is -0.741. The highest BCUT2D eigenvalue weighted by molar-refractivity contribution is 5.76. The third-order valence-corrected chi connectivity index (χ3v) is 3.58. The van der Waals surface area contributed by atoms with Gasteiger partial charge in [-0.2, -0.15) is 0 Å². The molecule has 0 aromatic heterocycles. The molecule has 1 amide bonds. The van der Waals surface area contributed by atoms with Gasteiger partial charge in [-0.1, -0.05) is 13.8 Å². The molecule has 1 aliphatic rings. The van der Waals surface area contributed by atoms with Crippen LogP contribution in [0.3, 0.4) is 0 Å². The highest BCUT2D eigenvalue weighted by Gasteiger charge is 2.27. The fraction of sp³-hybridized carbons (Fsp3) is 0.846. The Labute approximate surface area is 103 Å². The molecule has 1 fully saturated rings. The molecule has 0 saturated carbocycles. The Bertz CT molecular complexity index is 278. The summed E-state index contributed by atoms with van der Waals surface area (Å²) in [5.74, 6) is -0.0142. The van der Waals surface area contributed by atoms with Gasteiger partial charge in [0.15, 0.2) is 0 Å². The van der Waals surface area contributed by atoms with E-state index in [1.165, 1.54) is 0 Å². The highest BCUT2D eigenvalue weighted by Crippen LogP contribution is 2.26. The zero-order chi connectivity index (χ0) is 12.8. The Morgan fingerprint density at radius 1 is 1.47 bits per heavy atom. The van der Waals surface area contributed by atoms with Gasteiger partial charge < -0.3 is 10.0 Å². The van der Waals surface area contributed by atoms with Gasteiger partial charge in [-0.05, 0) is 31.1 Å². The third kappa shape index (κ3) is 4.36. The van der Waals surface area contributed by atoms with E-state index >= 15 is 0 Å². The molecule has 2 atom stereocenters. The Morgan fingerprint density at radius 3 is 2.76 bits per heavy atom. The van der Waals surface area contributed by atoms with Crippen molar-refractivity contribution in [3.05, 3.63) is 0 Å². The van der Waals surface area contributed by atoms with Crippen LogP contribution in [-0.4, -0.2) is 35.0 Å². The molecule has 0 aliphatic carbocycles. The number of hydrogen-bond donors (Lipinski definition) is 1. The minimum absolute atomic E-state index is 0.157. The largest absolute Gasteiger partial charge is 0.481 e. The number of nitrogens with zero attached hydrogens (tertiary/aromatic N) is 1. The average Bonchev–Trinajstić information content (AvgIpc) is 2.28. The molecule has 0 bridgehead atoms. The molecule has 17 heavy (non-hydrogen) atoms. The first-order valence-electron chi connectivity index (χ1n) is 6.54. The predicted octanol–water partition coefficient (Wildman–Crippen LogP) is 2.14. The van der Waals surface area contributed by atoms with Crippen molar-refractivity contribution in [2.24, 2.45) is 11.8 Å². The lowest BCUT2D eigenvalue weighted by Gasteiger charge is -2.35. The lowest BCUT2D eigenvalue weighted by atomic mass is 9.84. The van der Waals surface area contributed by atoms with Crippen LogP contribution in [0.25, 0.3) is 0 Å². The monoisotopic (exact) mass is 241 g/mol. The summed E-state index contributed by atoms with van der Waals surface area (Å²) < 4.78 is 0. The van der Waals surface area contributed by atoms with Crippen LogP contribution in [0.5, 0.6) is 0 Å². The quantitative estimate of drug-likeness (QED) is 0.802. The number of aliphatic carboxylic acids is 1. The average molecular weight is 241 g/mol. The number of carboxylic acid groups (broad SMARTS) is 1. The summed E-state index contributed by atoms with van der Waals surface area (Å²) >= 11 is 0. The summed E-state index contributed by atoms with van der Waals surface area (Å²) in [6.07, 6.45) is 3.75. The van der Waals surface area contributed by atoms with E-state index in [0.717, 1.165) is 32.4 Å². The number of rotatable bonds is 5. The summed E-state index contributed by atoms with van der Waals surface area (Å²) in [6.45, 7) is 5.57. The zero-order valence-corrected chi connectivity index (χ0v) is 10.8. The number of amides is 1. The van der Waals surface area contributed by atoms with Crippen molar-refractivity contribution in [2.45, 2.75) is 46.0 Å². The molecule has 1 heterocycles. The smallest absolute Gasteiger partial charge is 0.303 e. The SMILES string of the molecule is CCCC(=O)N1CCCC(C(C)CC(=O)O)C1. The van der Waals surface area contributed by atoms with Crippen molar-refractivity contribution in [3.8, 4) is 0 Å². The topological polar surface area (TPSA) is 57.6 Å². The Balaban J connectivity index is 2.48. The maximum Gasteiger partial charge on any atom is 0.303 e. The number of carbonyl (C=O) groups is 2. The second-order valence-corrected chi connectivity index (χ2v) is 5.07. The van der Waals surface area contributed by atoms with Crippen molar-refractivity contribution < 1.29 is 14.7 Å². The van der Waals surface area contributed by atoms with E-state index < -0.39 is 5.97 Å². The van der Waals surface area contributed by atoms with Crippen LogP contribution in [0.4, 0.5) is 0 Å². The van der Waals surface area contributed by atoms with Crippen molar-refractivity contribution in [3.63, 3.8) is 0 Å². The second-order valence-electron chi connectivity index (χ2n) is 5.07. The third-order valence-electron chi connectivity index (χ3n) is 3.58. The van der Waals surface area contributed by atoms with Gasteiger partial charge in [-0.3, -0.25) is 9.59 Å². The van der Waals surface area contributed by atoms with Gasteiger partial charge in [0.1, 0.15) is 0 Å². The maximum absolute atomic E-state index is 11.8. The second kappa shape index (κ2) is 6.62. The van der Waals surface area contributed by atoms with E-state index in [1.807, 2.05) is 18.7 Å². The fourth-order valence-corrected chi connectivity index (χ4v) is 2.52. The standard InChI is InChI=1S/C13H23NO3/c1-3-5-12(15)14-7-4-6-11(9-14)10(2)8-13(16)17/h10-11H,3-9H2,1-2H3,(H,16,17). The van der Waals surface area contributed by atoms with Crippen molar-refractivity contribution in [1.82, 2.24) is 4.90 Å². The maximum atomic E-state index is 11.8. The number of hydrogen-bond acceptors (Lipinski definition) is 2. The van der Waals surface area contributed by atoms with E-state index in [4.69, 9.17) is 5.11 Å². The van der Waals surface area contributed by atoms with E-state index in [-0.39, 0.29) is 18.2 Å².